The monoisotopic (exact) mass is 609 g/mol. The molecule has 4 aromatic rings. The predicted octanol–water partition coefficient (Wildman–Crippen LogP) is 8.19. The normalized spacial score (nSPS) is 15.2. The van der Waals surface area contributed by atoms with Gasteiger partial charge in [0.1, 0.15) is 11.4 Å². The van der Waals surface area contributed by atoms with Crippen LogP contribution in [-0.2, 0) is 22.6 Å². The molecule has 0 spiro atoms. The van der Waals surface area contributed by atoms with E-state index in [1.54, 1.807) is 11.8 Å². The summed E-state index contributed by atoms with van der Waals surface area (Å²) in [5, 5.41) is 5.90. The summed E-state index contributed by atoms with van der Waals surface area (Å²) in [4.78, 5) is 26.5. The molecule has 3 heterocycles. The minimum Gasteiger partial charge on any atom is -0.497 e. The largest absolute Gasteiger partial charge is 0.497 e. The Balaban J connectivity index is 1.66. The van der Waals surface area contributed by atoms with Crippen LogP contribution in [0.2, 0.25) is 0 Å². The Morgan fingerprint density at radius 2 is 1.76 bits per heavy atom. The summed E-state index contributed by atoms with van der Waals surface area (Å²) in [5.41, 5.74) is 8.39. The molecule has 8 heteroatoms. The van der Waals surface area contributed by atoms with Crippen molar-refractivity contribution >= 4 is 34.5 Å². The fourth-order valence-electron chi connectivity index (χ4n) is 7.16. The molecule has 2 aromatic carbocycles. The van der Waals surface area contributed by atoms with Crippen LogP contribution in [0.4, 0.5) is 0 Å². The van der Waals surface area contributed by atoms with Crippen molar-refractivity contribution in [2.75, 3.05) is 14.2 Å². The quantitative estimate of drug-likeness (QED) is 0.205. The van der Waals surface area contributed by atoms with E-state index in [1.807, 2.05) is 52.8 Å². The van der Waals surface area contributed by atoms with Crippen molar-refractivity contribution in [3.05, 3.63) is 70.0 Å². The van der Waals surface area contributed by atoms with Gasteiger partial charge in [0, 0.05) is 35.1 Å². The molecule has 2 aromatic heterocycles. The lowest BCUT2D eigenvalue weighted by Gasteiger charge is -2.24. The number of aryl methyl sites for hydroxylation is 2. The maximum Gasteiger partial charge on any atom is 0.356 e. The van der Waals surface area contributed by atoms with E-state index in [1.165, 1.54) is 31.9 Å². The number of esters is 2. The van der Waals surface area contributed by atoms with Gasteiger partial charge in [0.2, 0.25) is 0 Å². The molecule has 0 bridgehead atoms. The van der Waals surface area contributed by atoms with Gasteiger partial charge in [0.25, 0.3) is 0 Å². The molecule has 0 radical (unpaired) electrons. The van der Waals surface area contributed by atoms with E-state index in [2.05, 4.69) is 28.8 Å². The molecule has 0 amide bonds. The predicted molar refractivity (Wildman–Crippen MR) is 177 cm³/mol. The van der Waals surface area contributed by atoms with Crippen molar-refractivity contribution in [1.82, 2.24) is 14.3 Å². The van der Waals surface area contributed by atoms with Gasteiger partial charge in [-0.15, -0.1) is 0 Å². The Morgan fingerprint density at radius 1 is 1.00 bits per heavy atom. The Morgan fingerprint density at radius 3 is 2.42 bits per heavy atom. The number of hydrogen-bond acceptors (Lipinski definition) is 6. The van der Waals surface area contributed by atoms with Gasteiger partial charge in [-0.25, -0.2) is 9.59 Å². The summed E-state index contributed by atoms with van der Waals surface area (Å²) in [6.45, 7) is 10.6. The summed E-state index contributed by atoms with van der Waals surface area (Å²) >= 11 is 0. The number of ether oxygens (including phenoxy) is 3. The molecule has 1 saturated carbocycles. The second-order valence-electron chi connectivity index (χ2n) is 13.2. The zero-order valence-corrected chi connectivity index (χ0v) is 27.5. The third-order valence-electron chi connectivity index (χ3n) is 9.05. The maximum absolute atomic E-state index is 13.3. The molecule has 0 saturated heterocycles. The molecular weight excluding hydrogens is 566 g/mol. The number of methoxy groups -OCH3 is 2. The lowest BCUT2D eigenvalue weighted by atomic mass is 9.81. The van der Waals surface area contributed by atoms with Gasteiger partial charge in [-0.05, 0) is 106 Å². The van der Waals surface area contributed by atoms with E-state index in [0.29, 0.717) is 30.3 Å². The van der Waals surface area contributed by atoms with Gasteiger partial charge in [-0.2, -0.15) is 5.10 Å². The lowest BCUT2D eigenvalue weighted by molar-refractivity contribution is 0.00694. The molecule has 8 nitrogen and oxygen atoms in total. The van der Waals surface area contributed by atoms with E-state index >= 15 is 0 Å². The lowest BCUT2D eigenvalue weighted by Crippen LogP contribution is -2.23. The van der Waals surface area contributed by atoms with Crippen LogP contribution < -0.4 is 4.74 Å². The number of nitrogens with zero attached hydrogens (tertiary/aromatic N) is 3. The second kappa shape index (κ2) is 11.9. The number of hydrogen-bond donors (Lipinski definition) is 0. The van der Waals surface area contributed by atoms with Crippen LogP contribution >= 0.6 is 0 Å². The van der Waals surface area contributed by atoms with Gasteiger partial charge in [0.15, 0.2) is 5.69 Å². The van der Waals surface area contributed by atoms with Crippen molar-refractivity contribution in [1.29, 1.82) is 0 Å². The highest BCUT2D eigenvalue weighted by Crippen LogP contribution is 2.48. The van der Waals surface area contributed by atoms with Crippen molar-refractivity contribution in [2.45, 2.75) is 91.3 Å². The van der Waals surface area contributed by atoms with E-state index in [0.717, 1.165) is 63.1 Å². The standard InChI is InChI=1S/C37H43N3O5/c1-8-40-34(36(42)44-7)31(22(2)38-40)26-18-25-19-27(43-6)15-17-28(25)33-32(23-12-10-9-11-13-23)29-16-14-24(20-30(29)39(33)21-26)35(41)45-37(3,4)5/h14-20,23H,8-13,21H2,1-7H3. The third-order valence-corrected chi connectivity index (χ3v) is 9.05. The fourth-order valence-corrected chi connectivity index (χ4v) is 7.16. The van der Waals surface area contributed by atoms with Crippen LogP contribution in [0.25, 0.3) is 33.8 Å². The highest BCUT2D eigenvalue weighted by Gasteiger charge is 2.32. The van der Waals surface area contributed by atoms with E-state index in [-0.39, 0.29) is 5.97 Å². The van der Waals surface area contributed by atoms with Crippen LogP contribution in [0, 0.1) is 6.92 Å². The SMILES string of the molecule is CCn1nc(C)c(C2=Cc3cc(OC)ccc3-c3c(C4CCCCC4)c4ccc(C(=O)OC(C)(C)C)cc4n3C2)c1C(=O)OC. The van der Waals surface area contributed by atoms with Crippen molar-refractivity contribution < 1.29 is 23.8 Å². The Bertz CT molecular complexity index is 1830. The van der Waals surface area contributed by atoms with Gasteiger partial charge >= 0.3 is 11.9 Å². The van der Waals surface area contributed by atoms with Gasteiger partial charge < -0.3 is 18.8 Å². The maximum atomic E-state index is 13.3. The highest BCUT2D eigenvalue weighted by molar-refractivity contribution is 6.03. The number of benzene rings is 2. The Hall–Kier alpha value is -4.33. The third kappa shape index (κ3) is 5.55. The molecule has 6 rings (SSSR count). The van der Waals surface area contributed by atoms with Crippen molar-refractivity contribution in [3.63, 3.8) is 0 Å². The molecular formula is C37H43N3O5. The average Bonchev–Trinajstić information content (AvgIpc) is 3.47. The number of carbonyl (C=O) groups is 2. The molecule has 0 unspecified atom stereocenters. The van der Waals surface area contributed by atoms with Crippen LogP contribution in [-0.4, -0.2) is 46.1 Å². The van der Waals surface area contributed by atoms with Crippen LogP contribution in [0.15, 0.2) is 36.4 Å². The molecule has 45 heavy (non-hydrogen) atoms. The molecule has 0 atom stereocenters. The molecule has 1 aliphatic carbocycles. The smallest absolute Gasteiger partial charge is 0.356 e. The number of rotatable bonds is 6. The molecule has 1 fully saturated rings. The Labute approximate surface area is 265 Å². The number of aromatic nitrogens is 3. The first kappa shape index (κ1) is 30.7. The fraction of sp³-hybridized carbons (Fsp3) is 0.432. The minimum absolute atomic E-state index is 0.346. The minimum atomic E-state index is -0.607. The average molecular weight is 610 g/mol. The van der Waals surface area contributed by atoms with E-state index in [4.69, 9.17) is 19.3 Å². The summed E-state index contributed by atoms with van der Waals surface area (Å²) in [7, 11) is 3.08. The Kier molecular flexibility index (Phi) is 8.10. The number of carbonyl (C=O) groups excluding carboxylic acids is 2. The highest BCUT2D eigenvalue weighted by atomic mass is 16.6. The summed E-state index contributed by atoms with van der Waals surface area (Å²) < 4.78 is 20.8. The first-order valence-corrected chi connectivity index (χ1v) is 16.0. The van der Waals surface area contributed by atoms with E-state index < -0.39 is 11.6 Å². The van der Waals surface area contributed by atoms with Crippen LogP contribution in [0.1, 0.15) is 109 Å². The first-order valence-electron chi connectivity index (χ1n) is 16.0. The first-order chi connectivity index (χ1) is 21.5. The zero-order valence-electron chi connectivity index (χ0n) is 27.5. The number of fused-ring (bicyclic) bond motifs is 5. The van der Waals surface area contributed by atoms with Crippen LogP contribution in [0.5, 0.6) is 5.75 Å². The van der Waals surface area contributed by atoms with Crippen molar-refractivity contribution in [3.8, 4) is 17.0 Å². The second-order valence-corrected chi connectivity index (χ2v) is 13.2. The summed E-state index contributed by atoms with van der Waals surface area (Å²) in [5.74, 6) is 0.393. The van der Waals surface area contributed by atoms with E-state index in [9.17, 15) is 9.59 Å². The summed E-state index contributed by atoms with van der Waals surface area (Å²) in [6, 6.07) is 12.2. The van der Waals surface area contributed by atoms with Crippen LogP contribution in [0.3, 0.4) is 0 Å². The molecule has 236 valence electrons. The van der Waals surface area contributed by atoms with Gasteiger partial charge in [0.05, 0.1) is 31.2 Å². The van der Waals surface area contributed by atoms with Crippen molar-refractivity contribution in [2.24, 2.45) is 0 Å². The zero-order chi connectivity index (χ0) is 32.0. The number of allylic oxidation sites excluding steroid dienone is 1. The topological polar surface area (TPSA) is 84.6 Å². The van der Waals surface area contributed by atoms with Gasteiger partial charge in [-0.3, -0.25) is 4.68 Å². The molecule has 1 aliphatic heterocycles. The summed E-state index contributed by atoms with van der Waals surface area (Å²) in [6.07, 6.45) is 8.06. The molecule has 2 aliphatic rings. The van der Waals surface area contributed by atoms with Gasteiger partial charge in [-0.1, -0.05) is 25.3 Å². The molecule has 0 N–H and O–H groups in total.